The van der Waals surface area contributed by atoms with Crippen molar-refractivity contribution in [1.82, 2.24) is 4.90 Å². The topological polar surface area (TPSA) is 108 Å². The molecule has 7 nitrogen and oxygen atoms in total. The summed E-state index contributed by atoms with van der Waals surface area (Å²) in [6.45, 7) is 2.66. The van der Waals surface area contributed by atoms with E-state index in [4.69, 9.17) is 0 Å². The van der Waals surface area contributed by atoms with Gasteiger partial charge in [0.05, 0.1) is 6.54 Å². The van der Waals surface area contributed by atoms with Gasteiger partial charge in [-0.25, -0.2) is 0 Å². The van der Waals surface area contributed by atoms with Crippen LogP contribution in [-0.4, -0.2) is 59.6 Å². The van der Waals surface area contributed by atoms with Gasteiger partial charge in [0, 0.05) is 48.6 Å². The molecule has 0 aromatic heterocycles. The van der Waals surface area contributed by atoms with Crippen LogP contribution in [0.5, 0.6) is 0 Å². The molecular formula is C40H59FeN3O4S2. The monoisotopic (exact) mass is 765 g/mol. The first kappa shape index (κ1) is 47.1. The van der Waals surface area contributed by atoms with Gasteiger partial charge in [-0.3, -0.25) is 14.5 Å². The molecule has 2 saturated carbocycles. The van der Waals surface area contributed by atoms with Gasteiger partial charge in [-0.05, 0) is 88.8 Å². The SMILES string of the molecule is CCCCCCCCCCCSSCCCCCCCCCCC([O-])=NC[C]1[CH][CH][C](C([O-])=NCCN2C(=O)C=CC2=O)[CH]1.[CH]1[CH][CH][CH][CH]1.[Fe+2]. The molecule has 0 bridgehead atoms. The third-order valence-electron chi connectivity index (χ3n) is 8.32. The summed E-state index contributed by atoms with van der Waals surface area (Å²) in [6.07, 6.45) is 40.2. The number of nitrogens with zero attached hydrogens (tertiary/aromatic N) is 3. The molecule has 50 heavy (non-hydrogen) atoms. The second-order valence-corrected chi connectivity index (χ2v) is 15.3. The second-order valence-electron chi connectivity index (χ2n) is 12.6. The number of rotatable bonds is 28. The van der Waals surface area contributed by atoms with Crippen LogP contribution in [0, 0.1) is 63.2 Å². The molecule has 1 heterocycles. The standard InChI is InChI=1S/C35H56N3O4S2.C5H5.Fe/c1-2-3-4-5-6-8-11-14-17-26-43-44-27-18-15-12-9-7-10-13-16-19-32(39)37-29-30-20-21-31(28-30)35(42)36-24-25-38-33(40)22-23-34(38)41;1-2-4-5-3-1;/h20-23,28H,2-19,24-27,29H2,1H3,(H,36,42)(H,37,39);1-5H;/q;;+2/p-2. The van der Waals surface area contributed by atoms with Gasteiger partial charge in [0.25, 0.3) is 11.8 Å². The third-order valence-corrected chi connectivity index (χ3v) is 10.9. The Morgan fingerprint density at radius 3 is 1.66 bits per heavy atom. The van der Waals surface area contributed by atoms with Crippen LogP contribution in [0.3, 0.4) is 0 Å². The minimum Gasteiger partial charge on any atom is -0.862 e. The number of unbranched alkanes of at least 4 members (excludes halogenated alkanes) is 15. The molecule has 0 unspecified atom stereocenters. The predicted molar refractivity (Wildman–Crippen MR) is 205 cm³/mol. The summed E-state index contributed by atoms with van der Waals surface area (Å²) in [6, 6.07) is 0. The first-order valence-corrected chi connectivity index (χ1v) is 21.1. The van der Waals surface area contributed by atoms with Crippen LogP contribution in [0.1, 0.15) is 122 Å². The Hall–Kier alpha value is -0.961. The first-order chi connectivity index (χ1) is 24.0. The van der Waals surface area contributed by atoms with Crippen molar-refractivity contribution in [3.8, 4) is 0 Å². The molecule has 0 atom stereocenters. The van der Waals surface area contributed by atoms with Crippen molar-refractivity contribution < 1.29 is 36.9 Å². The molecular weight excluding hydrogens is 706 g/mol. The van der Waals surface area contributed by atoms with Crippen molar-refractivity contribution in [2.75, 3.05) is 31.1 Å². The molecule has 3 aliphatic rings. The van der Waals surface area contributed by atoms with Gasteiger partial charge in [-0.15, -0.1) is 0 Å². The summed E-state index contributed by atoms with van der Waals surface area (Å²) in [4.78, 5) is 32.2. The summed E-state index contributed by atoms with van der Waals surface area (Å²) < 4.78 is 0. The van der Waals surface area contributed by atoms with Crippen LogP contribution in [0.4, 0.5) is 0 Å². The van der Waals surface area contributed by atoms with Gasteiger partial charge in [0.15, 0.2) is 0 Å². The van der Waals surface area contributed by atoms with E-state index in [-0.39, 0.29) is 54.4 Å². The number of carbonyl (C=O) groups excluding carboxylic acids is 2. The van der Waals surface area contributed by atoms with Crippen molar-refractivity contribution >= 4 is 45.2 Å². The summed E-state index contributed by atoms with van der Waals surface area (Å²) in [5, 5.41) is 24.4. The fraction of sp³-hybridized carbons (Fsp3) is 0.600. The van der Waals surface area contributed by atoms with E-state index in [0.29, 0.717) is 12.3 Å². The zero-order valence-electron chi connectivity index (χ0n) is 30.2. The molecule has 10 radical (unpaired) electrons. The fourth-order valence-electron chi connectivity index (χ4n) is 5.39. The first-order valence-electron chi connectivity index (χ1n) is 18.6. The van der Waals surface area contributed by atoms with Crippen molar-refractivity contribution in [2.24, 2.45) is 9.98 Å². The maximum absolute atomic E-state index is 12.3. The van der Waals surface area contributed by atoms with Crippen molar-refractivity contribution in [1.29, 1.82) is 0 Å². The van der Waals surface area contributed by atoms with Gasteiger partial charge in [-0.2, -0.15) is 0 Å². The van der Waals surface area contributed by atoms with E-state index in [9.17, 15) is 19.8 Å². The molecule has 0 saturated heterocycles. The second kappa shape index (κ2) is 32.7. The molecule has 2 fully saturated rings. The Bertz CT molecular complexity index is 935. The number of imide groups is 1. The number of amides is 2. The van der Waals surface area contributed by atoms with Crippen LogP contribution in [0.2, 0.25) is 0 Å². The van der Waals surface area contributed by atoms with Gasteiger partial charge < -0.3 is 20.2 Å². The van der Waals surface area contributed by atoms with Gasteiger partial charge in [-0.1, -0.05) is 118 Å². The van der Waals surface area contributed by atoms with E-state index in [0.717, 1.165) is 23.7 Å². The normalized spacial score (nSPS) is 17.1. The Kier molecular flexibility index (Phi) is 30.8. The van der Waals surface area contributed by atoms with E-state index in [2.05, 4.69) is 38.5 Å². The molecule has 278 valence electrons. The van der Waals surface area contributed by atoms with Gasteiger partial charge in [0.2, 0.25) is 0 Å². The summed E-state index contributed by atoms with van der Waals surface area (Å²) >= 11 is 0. The van der Waals surface area contributed by atoms with E-state index in [1.54, 1.807) is 19.3 Å². The Morgan fingerprint density at radius 2 is 1.14 bits per heavy atom. The Balaban J connectivity index is 0.00000190. The number of carbonyl (C=O) groups is 2. The summed E-state index contributed by atoms with van der Waals surface area (Å²) in [7, 11) is 4.12. The van der Waals surface area contributed by atoms with Crippen LogP contribution in [0.25, 0.3) is 0 Å². The molecule has 0 aromatic rings. The predicted octanol–water partition coefficient (Wildman–Crippen LogP) is 7.65. The average molecular weight is 766 g/mol. The van der Waals surface area contributed by atoms with Crippen molar-refractivity contribution in [3.63, 3.8) is 0 Å². The largest absolute Gasteiger partial charge is 2.00 e. The van der Waals surface area contributed by atoms with Crippen molar-refractivity contribution in [2.45, 2.75) is 122 Å². The number of aliphatic imine (C=N–C) groups is 2. The summed E-state index contributed by atoms with van der Waals surface area (Å²) in [5.74, 6) is 2.51. The maximum Gasteiger partial charge on any atom is 2.00 e. The quantitative estimate of drug-likeness (QED) is 0.0202. The molecule has 10 heteroatoms. The average Bonchev–Trinajstić information content (AvgIpc) is 3.90. The van der Waals surface area contributed by atoms with Crippen LogP contribution >= 0.6 is 21.6 Å². The molecule has 0 N–H and O–H groups in total. The number of hydrogen-bond donors (Lipinski definition) is 0. The Labute approximate surface area is 324 Å². The Morgan fingerprint density at radius 1 is 0.660 bits per heavy atom. The molecule has 1 aliphatic heterocycles. The minimum atomic E-state index is -0.410. The van der Waals surface area contributed by atoms with E-state index < -0.39 is 5.90 Å². The molecule has 0 aromatic carbocycles. The molecule has 2 aliphatic carbocycles. The number of hydrogen-bond acceptors (Lipinski definition) is 8. The van der Waals surface area contributed by atoms with Crippen LogP contribution < -0.4 is 10.2 Å². The maximum atomic E-state index is 12.3. The van der Waals surface area contributed by atoms with Crippen LogP contribution in [0.15, 0.2) is 22.1 Å². The van der Waals surface area contributed by atoms with Gasteiger partial charge >= 0.3 is 17.1 Å². The van der Waals surface area contributed by atoms with E-state index >= 15 is 0 Å². The zero-order chi connectivity index (χ0) is 35.2. The van der Waals surface area contributed by atoms with E-state index in [1.165, 1.54) is 120 Å². The van der Waals surface area contributed by atoms with E-state index in [1.807, 2.05) is 32.1 Å². The molecule has 0 spiro atoms. The summed E-state index contributed by atoms with van der Waals surface area (Å²) in [5.41, 5.74) is 0. The van der Waals surface area contributed by atoms with Crippen LogP contribution in [-0.2, 0) is 26.7 Å². The molecule has 2 amide bonds. The smallest absolute Gasteiger partial charge is 0.862 e. The van der Waals surface area contributed by atoms with Crippen molar-refractivity contribution in [3.05, 3.63) is 75.4 Å². The fourth-order valence-corrected chi connectivity index (χ4v) is 7.68. The molecule has 3 rings (SSSR count). The van der Waals surface area contributed by atoms with Gasteiger partial charge in [0.1, 0.15) is 0 Å². The minimum absolute atomic E-state index is 0. The zero-order valence-corrected chi connectivity index (χ0v) is 32.9. The third kappa shape index (κ3) is 24.3.